The van der Waals surface area contributed by atoms with Crippen molar-refractivity contribution in [3.8, 4) is 11.4 Å². The zero-order valence-corrected chi connectivity index (χ0v) is 13.2. The van der Waals surface area contributed by atoms with E-state index in [1.165, 1.54) is 6.07 Å². The normalized spacial score (nSPS) is 14.1. The van der Waals surface area contributed by atoms with Crippen LogP contribution in [0.2, 0.25) is 0 Å². The molecule has 2 aromatic heterocycles. The number of thioether (sulfide) groups is 1. The molecule has 0 saturated heterocycles. The molecule has 0 N–H and O–H groups in total. The van der Waals surface area contributed by atoms with Crippen molar-refractivity contribution in [2.45, 2.75) is 29.8 Å². The summed E-state index contributed by atoms with van der Waals surface area (Å²) in [6.07, 6.45) is 5.84. The van der Waals surface area contributed by atoms with Crippen LogP contribution in [0.25, 0.3) is 11.4 Å². The molecule has 23 heavy (non-hydrogen) atoms. The van der Waals surface area contributed by atoms with Crippen molar-refractivity contribution in [2.75, 3.05) is 0 Å². The summed E-state index contributed by atoms with van der Waals surface area (Å²) in [5.74, 6) is 1.36. The summed E-state index contributed by atoms with van der Waals surface area (Å²) >= 11 is 1.60. The van der Waals surface area contributed by atoms with Crippen LogP contribution in [0.5, 0.6) is 0 Å². The van der Waals surface area contributed by atoms with Gasteiger partial charge in [0.25, 0.3) is 0 Å². The number of halogens is 1. The van der Waals surface area contributed by atoms with Crippen LogP contribution in [-0.2, 0) is 5.75 Å². The minimum absolute atomic E-state index is 0.204. The molecule has 2 heterocycles. The lowest BCUT2D eigenvalue weighted by Crippen LogP contribution is -2.00. The van der Waals surface area contributed by atoms with Gasteiger partial charge < -0.3 is 0 Å². The summed E-state index contributed by atoms with van der Waals surface area (Å²) in [5, 5.41) is 9.61. The maximum Gasteiger partial charge on any atom is 0.192 e. The minimum atomic E-state index is -0.204. The van der Waals surface area contributed by atoms with Crippen molar-refractivity contribution in [3.63, 3.8) is 0 Å². The van der Waals surface area contributed by atoms with Gasteiger partial charge >= 0.3 is 0 Å². The lowest BCUT2D eigenvalue weighted by molar-refractivity contribution is 0.626. The Morgan fingerprint density at radius 2 is 1.96 bits per heavy atom. The molecule has 1 fully saturated rings. The minimum Gasteiger partial charge on any atom is -0.299 e. The Bertz CT molecular complexity index is 814. The fourth-order valence-electron chi connectivity index (χ4n) is 2.51. The molecule has 4 nitrogen and oxygen atoms in total. The van der Waals surface area contributed by atoms with Crippen molar-refractivity contribution in [1.82, 2.24) is 19.7 Å². The molecule has 1 aliphatic carbocycles. The molecule has 0 unspecified atom stereocenters. The van der Waals surface area contributed by atoms with Gasteiger partial charge in [0.15, 0.2) is 11.0 Å². The molecule has 4 rings (SSSR count). The highest BCUT2D eigenvalue weighted by Gasteiger charge is 2.30. The molecule has 0 radical (unpaired) electrons. The van der Waals surface area contributed by atoms with E-state index in [1.54, 1.807) is 36.3 Å². The SMILES string of the molecule is Fc1cccc(CSc2nnc(-c3ccncc3)n2C2CC2)c1. The van der Waals surface area contributed by atoms with Gasteiger partial charge in [-0.3, -0.25) is 9.55 Å². The van der Waals surface area contributed by atoms with E-state index in [-0.39, 0.29) is 5.82 Å². The standard InChI is InChI=1S/C17H15FN4S/c18-14-3-1-2-12(10-14)11-23-17-21-20-16(22(17)15-4-5-15)13-6-8-19-9-7-13/h1-3,6-10,15H,4-5,11H2. The smallest absolute Gasteiger partial charge is 0.192 e. The summed E-state index contributed by atoms with van der Waals surface area (Å²) in [6, 6.07) is 11.1. The third kappa shape index (κ3) is 3.12. The number of hydrogen-bond acceptors (Lipinski definition) is 4. The molecule has 6 heteroatoms. The predicted octanol–water partition coefficient (Wildman–Crippen LogP) is 4.11. The third-order valence-corrected chi connectivity index (χ3v) is 4.79. The first-order chi connectivity index (χ1) is 11.3. The first-order valence-electron chi connectivity index (χ1n) is 7.54. The zero-order valence-electron chi connectivity index (χ0n) is 12.4. The van der Waals surface area contributed by atoms with Crippen LogP contribution in [0.1, 0.15) is 24.4 Å². The van der Waals surface area contributed by atoms with Crippen LogP contribution >= 0.6 is 11.8 Å². The second-order valence-electron chi connectivity index (χ2n) is 5.56. The molecule has 0 aliphatic heterocycles. The molecular formula is C17H15FN4S. The largest absolute Gasteiger partial charge is 0.299 e. The Hall–Kier alpha value is -2.21. The summed E-state index contributed by atoms with van der Waals surface area (Å²) in [4.78, 5) is 4.05. The molecule has 0 spiro atoms. The number of pyridine rings is 1. The van der Waals surface area contributed by atoms with E-state index in [4.69, 9.17) is 0 Å². The lowest BCUT2D eigenvalue weighted by atomic mass is 10.2. The highest BCUT2D eigenvalue weighted by molar-refractivity contribution is 7.98. The van der Waals surface area contributed by atoms with Crippen LogP contribution < -0.4 is 0 Å². The lowest BCUT2D eigenvalue weighted by Gasteiger charge is -2.08. The van der Waals surface area contributed by atoms with Gasteiger partial charge in [0.05, 0.1) is 0 Å². The summed E-state index contributed by atoms with van der Waals surface area (Å²) in [5.41, 5.74) is 1.97. The molecule has 116 valence electrons. The van der Waals surface area contributed by atoms with Crippen LogP contribution in [0, 0.1) is 5.82 Å². The number of hydrogen-bond donors (Lipinski definition) is 0. The van der Waals surface area contributed by atoms with Crippen LogP contribution in [0.3, 0.4) is 0 Å². The summed E-state index contributed by atoms with van der Waals surface area (Å²) < 4.78 is 15.5. The number of rotatable bonds is 5. The van der Waals surface area contributed by atoms with Crippen molar-refractivity contribution in [2.24, 2.45) is 0 Å². The Labute approximate surface area is 137 Å². The van der Waals surface area contributed by atoms with Gasteiger partial charge in [-0.15, -0.1) is 10.2 Å². The second-order valence-corrected chi connectivity index (χ2v) is 6.50. The van der Waals surface area contributed by atoms with E-state index in [0.717, 1.165) is 34.9 Å². The molecule has 0 bridgehead atoms. The third-order valence-electron chi connectivity index (χ3n) is 3.77. The Kier molecular flexibility index (Phi) is 3.83. The molecule has 0 atom stereocenters. The number of aromatic nitrogens is 4. The average molecular weight is 326 g/mol. The highest BCUT2D eigenvalue weighted by Crippen LogP contribution is 2.41. The quantitative estimate of drug-likeness (QED) is 0.662. The van der Waals surface area contributed by atoms with Gasteiger partial charge in [-0.05, 0) is 42.7 Å². The van der Waals surface area contributed by atoms with Crippen molar-refractivity contribution in [3.05, 3.63) is 60.2 Å². The van der Waals surface area contributed by atoms with Crippen molar-refractivity contribution in [1.29, 1.82) is 0 Å². The molecule has 1 aliphatic rings. The summed E-state index contributed by atoms with van der Waals surface area (Å²) in [6.45, 7) is 0. The summed E-state index contributed by atoms with van der Waals surface area (Å²) in [7, 11) is 0. The maximum absolute atomic E-state index is 13.3. The van der Waals surface area contributed by atoms with Gasteiger partial charge in [-0.1, -0.05) is 23.9 Å². The van der Waals surface area contributed by atoms with E-state index in [1.807, 2.05) is 18.2 Å². The molecule has 0 amide bonds. The Balaban J connectivity index is 1.61. The highest BCUT2D eigenvalue weighted by atomic mass is 32.2. The maximum atomic E-state index is 13.3. The van der Waals surface area contributed by atoms with Crippen LogP contribution in [0.4, 0.5) is 4.39 Å². The average Bonchev–Trinajstić information content (AvgIpc) is 3.33. The topological polar surface area (TPSA) is 43.6 Å². The molecule has 1 aromatic carbocycles. The predicted molar refractivity (Wildman–Crippen MR) is 87.5 cm³/mol. The van der Waals surface area contributed by atoms with Crippen molar-refractivity contribution < 1.29 is 4.39 Å². The zero-order chi connectivity index (χ0) is 15.6. The van der Waals surface area contributed by atoms with E-state index in [2.05, 4.69) is 19.7 Å². The van der Waals surface area contributed by atoms with E-state index in [9.17, 15) is 4.39 Å². The Morgan fingerprint density at radius 1 is 1.13 bits per heavy atom. The Morgan fingerprint density at radius 3 is 2.70 bits per heavy atom. The van der Waals surface area contributed by atoms with E-state index < -0.39 is 0 Å². The monoisotopic (exact) mass is 326 g/mol. The molecular weight excluding hydrogens is 311 g/mol. The fraction of sp³-hybridized carbons (Fsp3) is 0.235. The number of nitrogens with zero attached hydrogens (tertiary/aromatic N) is 4. The van der Waals surface area contributed by atoms with Gasteiger partial charge in [0.1, 0.15) is 5.82 Å². The van der Waals surface area contributed by atoms with Crippen molar-refractivity contribution >= 4 is 11.8 Å². The van der Waals surface area contributed by atoms with E-state index >= 15 is 0 Å². The van der Waals surface area contributed by atoms with Gasteiger partial charge in [-0.2, -0.15) is 0 Å². The van der Waals surface area contributed by atoms with Crippen LogP contribution in [0.15, 0.2) is 53.9 Å². The van der Waals surface area contributed by atoms with Gasteiger partial charge in [-0.25, -0.2) is 4.39 Å². The fourth-order valence-corrected chi connectivity index (χ4v) is 3.46. The second kappa shape index (κ2) is 6.12. The molecule has 3 aromatic rings. The first kappa shape index (κ1) is 14.4. The first-order valence-corrected chi connectivity index (χ1v) is 8.52. The van der Waals surface area contributed by atoms with Crippen LogP contribution in [-0.4, -0.2) is 19.7 Å². The molecule has 1 saturated carbocycles. The van der Waals surface area contributed by atoms with Gasteiger partial charge in [0.2, 0.25) is 0 Å². The number of benzene rings is 1. The van der Waals surface area contributed by atoms with Gasteiger partial charge in [0, 0.05) is 29.8 Å². The van der Waals surface area contributed by atoms with E-state index in [0.29, 0.717) is 11.8 Å².